The molecule has 0 saturated heterocycles. The van der Waals surface area contributed by atoms with Crippen molar-refractivity contribution in [1.82, 2.24) is 14.1 Å². The molecule has 0 aliphatic carbocycles. The summed E-state index contributed by atoms with van der Waals surface area (Å²) in [4.78, 5) is 53.6. The molecule has 2 aromatic heterocycles. The quantitative estimate of drug-likeness (QED) is 0.375. The van der Waals surface area contributed by atoms with Crippen LogP contribution in [0.25, 0.3) is 22.2 Å². The predicted octanol–water partition coefficient (Wildman–Crippen LogP) is 1.96. The van der Waals surface area contributed by atoms with Crippen LogP contribution >= 0.6 is 0 Å². The van der Waals surface area contributed by atoms with Crippen LogP contribution in [0.15, 0.2) is 58.1 Å². The second-order valence-electron chi connectivity index (χ2n) is 7.22. The van der Waals surface area contributed by atoms with E-state index in [1.807, 2.05) is 0 Å². The number of fused-ring (bicyclic) bond motifs is 1. The number of ketones is 1. The van der Waals surface area contributed by atoms with Crippen molar-refractivity contribution in [3.8, 4) is 16.9 Å². The number of hydrogen-bond acceptors (Lipinski definition) is 6. The van der Waals surface area contributed by atoms with Crippen molar-refractivity contribution in [3.05, 3.63) is 86.2 Å². The number of nitrogens with zero attached hydrogens (tertiary/aromatic N) is 2. The van der Waals surface area contributed by atoms with Crippen LogP contribution in [0.4, 0.5) is 0 Å². The maximum Gasteiger partial charge on any atom is 0.337 e. The highest BCUT2D eigenvalue weighted by Gasteiger charge is 2.26. The Hall–Kier alpha value is -4.40. The molecule has 0 spiro atoms. The minimum absolute atomic E-state index is 0.0330. The number of phenolic OH excluding ortho intramolecular Hbond substituents is 1. The van der Waals surface area contributed by atoms with Crippen molar-refractivity contribution in [2.45, 2.75) is 0 Å². The number of aromatic amines is 1. The number of esters is 1. The van der Waals surface area contributed by atoms with E-state index in [-0.39, 0.29) is 33.6 Å². The first kappa shape index (κ1) is 20.9. The lowest BCUT2D eigenvalue weighted by molar-refractivity contribution is 0.0600. The second kappa shape index (κ2) is 7.69. The van der Waals surface area contributed by atoms with Crippen molar-refractivity contribution >= 4 is 22.8 Å². The zero-order chi connectivity index (χ0) is 23.2. The molecule has 0 saturated carbocycles. The lowest BCUT2D eigenvalue weighted by atomic mass is 9.97. The van der Waals surface area contributed by atoms with Crippen LogP contribution in [0, 0.1) is 0 Å². The summed E-state index contributed by atoms with van der Waals surface area (Å²) in [5.41, 5.74) is 0.132. The van der Waals surface area contributed by atoms with E-state index in [9.17, 15) is 24.3 Å². The zero-order valence-electron chi connectivity index (χ0n) is 17.5. The van der Waals surface area contributed by atoms with E-state index in [2.05, 4.69) is 4.98 Å². The van der Waals surface area contributed by atoms with Crippen LogP contribution in [0.3, 0.4) is 0 Å². The Morgan fingerprint density at radius 3 is 2.25 bits per heavy atom. The Morgan fingerprint density at radius 2 is 1.62 bits per heavy atom. The van der Waals surface area contributed by atoms with E-state index >= 15 is 0 Å². The highest BCUT2D eigenvalue weighted by atomic mass is 16.5. The van der Waals surface area contributed by atoms with Crippen LogP contribution in [0.1, 0.15) is 26.4 Å². The van der Waals surface area contributed by atoms with Crippen LogP contribution in [0.5, 0.6) is 5.75 Å². The van der Waals surface area contributed by atoms with Gasteiger partial charge in [0.15, 0.2) is 0 Å². The number of ether oxygens (including phenoxy) is 1. The number of H-pyrrole nitrogens is 1. The number of para-hydroxylation sites is 1. The Labute approximate surface area is 181 Å². The lowest BCUT2D eigenvalue weighted by Gasteiger charge is -2.08. The van der Waals surface area contributed by atoms with E-state index in [1.54, 1.807) is 24.3 Å². The summed E-state index contributed by atoms with van der Waals surface area (Å²) in [6, 6.07) is 12.2. The average Bonchev–Trinajstić information content (AvgIpc) is 3.21. The molecule has 2 N–H and O–H groups in total. The minimum Gasteiger partial charge on any atom is -0.507 e. The van der Waals surface area contributed by atoms with E-state index in [1.165, 1.54) is 50.0 Å². The van der Waals surface area contributed by atoms with Gasteiger partial charge in [-0.25, -0.2) is 9.59 Å². The number of carbonyl (C=O) groups excluding carboxylic acids is 2. The zero-order valence-corrected chi connectivity index (χ0v) is 17.5. The summed E-state index contributed by atoms with van der Waals surface area (Å²) in [7, 11) is 4.11. The molecule has 0 aliphatic heterocycles. The largest absolute Gasteiger partial charge is 0.507 e. The van der Waals surface area contributed by atoms with E-state index in [0.29, 0.717) is 11.1 Å². The summed E-state index contributed by atoms with van der Waals surface area (Å²) in [6.07, 6.45) is 0. The van der Waals surface area contributed by atoms with E-state index in [0.717, 1.165) is 4.57 Å². The summed E-state index contributed by atoms with van der Waals surface area (Å²) in [5.74, 6) is -1.30. The smallest absolute Gasteiger partial charge is 0.337 e. The number of hydrogen-bond donors (Lipinski definition) is 2. The molecule has 9 nitrogen and oxygen atoms in total. The highest BCUT2D eigenvalue weighted by molar-refractivity contribution is 6.17. The van der Waals surface area contributed by atoms with Crippen molar-refractivity contribution in [2.75, 3.05) is 7.11 Å². The Bertz CT molecular complexity index is 1510. The number of methoxy groups -OCH3 is 1. The second-order valence-corrected chi connectivity index (χ2v) is 7.22. The molecular formula is C23H19N3O6. The number of carbonyl (C=O) groups is 2. The summed E-state index contributed by atoms with van der Waals surface area (Å²) in [5, 5.41) is 10.3. The maximum absolute atomic E-state index is 13.4. The Balaban J connectivity index is 2.07. The number of aromatic nitrogens is 3. The van der Waals surface area contributed by atoms with E-state index in [4.69, 9.17) is 4.74 Å². The monoisotopic (exact) mass is 433 g/mol. The third-order valence-electron chi connectivity index (χ3n) is 5.38. The van der Waals surface area contributed by atoms with Crippen molar-refractivity contribution < 1.29 is 19.4 Å². The van der Waals surface area contributed by atoms with E-state index < -0.39 is 23.0 Å². The van der Waals surface area contributed by atoms with Crippen molar-refractivity contribution in [2.24, 2.45) is 14.1 Å². The number of nitrogens with one attached hydrogen (secondary N) is 1. The molecule has 0 bridgehead atoms. The van der Waals surface area contributed by atoms with Gasteiger partial charge in [0.2, 0.25) is 5.78 Å². The molecule has 32 heavy (non-hydrogen) atoms. The number of phenols is 1. The predicted molar refractivity (Wildman–Crippen MR) is 117 cm³/mol. The summed E-state index contributed by atoms with van der Waals surface area (Å²) >= 11 is 0. The van der Waals surface area contributed by atoms with Crippen LogP contribution in [-0.4, -0.2) is 38.1 Å². The van der Waals surface area contributed by atoms with Gasteiger partial charge in [0, 0.05) is 19.7 Å². The molecule has 162 valence electrons. The topological polar surface area (TPSA) is 123 Å². The standard InChI is InChI=1S/C23H19N3O6/c1-25-20-17(21(29)26(2)23(25)31)16(12-8-10-13(11-9-12)22(30)32-3)18(24-20)19(28)14-6-4-5-7-15(14)27/h4-11,24,27H,1-3H3. The van der Waals surface area contributed by atoms with Gasteiger partial charge in [-0.05, 0) is 29.8 Å². The third kappa shape index (κ3) is 3.11. The molecule has 0 aliphatic rings. The van der Waals surface area contributed by atoms with Gasteiger partial charge in [-0.2, -0.15) is 0 Å². The van der Waals surface area contributed by atoms with Crippen LogP contribution in [0.2, 0.25) is 0 Å². The molecule has 4 rings (SSSR count). The first-order chi connectivity index (χ1) is 15.3. The molecule has 2 aromatic carbocycles. The highest BCUT2D eigenvalue weighted by Crippen LogP contribution is 2.33. The van der Waals surface area contributed by atoms with Crippen LogP contribution in [-0.2, 0) is 18.8 Å². The number of aromatic hydroxyl groups is 1. The third-order valence-corrected chi connectivity index (χ3v) is 5.38. The Kier molecular flexibility index (Phi) is 5.01. The molecule has 2 heterocycles. The lowest BCUT2D eigenvalue weighted by Crippen LogP contribution is -2.36. The van der Waals surface area contributed by atoms with Crippen molar-refractivity contribution in [1.29, 1.82) is 0 Å². The van der Waals surface area contributed by atoms with Gasteiger partial charge in [0.25, 0.3) is 5.56 Å². The number of rotatable bonds is 4. The number of aryl methyl sites for hydroxylation is 1. The molecule has 0 unspecified atom stereocenters. The SMILES string of the molecule is COC(=O)c1ccc(-c2c(C(=O)c3ccccc3O)[nH]c3c2c(=O)n(C)c(=O)n3C)cc1. The van der Waals surface area contributed by atoms with Gasteiger partial charge in [0.05, 0.1) is 29.3 Å². The van der Waals surface area contributed by atoms with Gasteiger partial charge in [0.1, 0.15) is 11.4 Å². The molecule has 4 aromatic rings. The fraction of sp³-hybridized carbons (Fsp3) is 0.130. The maximum atomic E-state index is 13.4. The van der Waals surface area contributed by atoms with Gasteiger partial charge >= 0.3 is 11.7 Å². The fourth-order valence-electron chi connectivity index (χ4n) is 3.67. The summed E-state index contributed by atoms with van der Waals surface area (Å²) in [6.45, 7) is 0. The number of benzene rings is 2. The first-order valence-corrected chi connectivity index (χ1v) is 9.59. The molecule has 0 radical (unpaired) electrons. The molecule has 0 fully saturated rings. The van der Waals surface area contributed by atoms with Crippen molar-refractivity contribution in [3.63, 3.8) is 0 Å². The molecular weight excluding hydrogens is 414 g/mol. The molecule has 0 atom stereocenters. The average molecular weight is 433 g/mol. The van der Waals surface area contributed by atoms with Crippen LogP contribution < -0.4 is 11.2 Å². The Morgan fingerprint density at radius 1 is 0.969 bits per heavy atom. The fourth-order valence-corrected chi connectivity index (χ4v) is 3.67. The van der Waals surface area contributed by atoms with Gasteiger partial charge in [-0.3, -0.25) is 18.7 Å². The van der Waals surface area contributed by atoms with Gasteiger partial charge < -0.3 is 14.8 Å². The van der Waals surface area contributed by atoms with Gasteiger partial charge in [-0.15, -0.1) is 0 Å². The normalized spacial score (nSPS) is 11.0. The summed E-state index contributed by atoms with van der Waals surface area (Å²) < 4.78 is 6.91. The first-order valence-electron chi connectivity index (χ1n) is 9.59. The minimum atomic E-state index is -0.581. The molecule has 9 heteroatoms. The molecule has 0 amide bonds. The van der Waals surface area contributed by atoms with Gasteiger partial charge in [-0.1, -0.05) is 24.3 Å².